The molecule has 4 rings (SSSR count). The number of carbonyl (C=O) groups is 2. The summed E-state index contributed by atoms with van der Waals surface area (Å²) < 4.78 is 11.4. The molecule has 0 aliphatic carbocycles. The van der Waals surface area contributed by atoms with Gasteiger partial charge >= 0.3 is 5.97 Å². The zero-order valence-corrected chi connectivity index (χ0v) is 20.8. The molecular weight excluding hydrogens is 500 g/mol. The predicted octanol–water partition coefficient (Wildman–Crippen LogP) is 4.83. The van der Waals surface area contributed by atoms with Gasteiger partial charge in [-0.05, 0) is 75.7 Å². The first-order valence-electron chi connectivity index (χ1n) is 11.3. The SMILES string of the molecule is CCOC(=O)c1ccc(NC(=O)C2CCN(Cc3nc(-c4cccc(Br)c4)no3)CC2)c(C)c1. The molecule has 0 atom stereocenters. The van der Waals surface area contributed by atoms with E-state index in [0.29, 0.717) is 36.1 Å². The Morgan fingerprint density at radius 2 is 2.00 bits per heavy atom. The Labute approximate surface area is 206 Å². The van der Waals surface area contributed by atoms with Gasteiger partial charge in [0.25, 0.3) is 0 Å². The van der Waals surface area contributed by atoms with E-state index in [-0.39, 0.29) is 17.8 Å². The van der Waals surface area contributed by atoms with Crippen LogP contribution in [0, 0.1) is 12.8 Å². The number of aromatic nitrogens is 2. The number of likely N-dealkylation sites (tertiary alicyclic amines) is 1. The molecular formula is C25H27BrN4O4. The average Bonchev–Trinajstić information content (AvgIpc) is 3.29. The van der Waals surface area contributed by atoms with Crippen LogP contribution in [0.15, 0.2) is 51.5 Å². The highest BCUT2D eigenvalue weighted by Crippen LogP contribution is 2.24. The van der Waals surface area contributed by atoms with Crippen LogP contribution < -0.4 is 5.32 Å². The van der Waals surface area contributed by atoms with Gasteiger partial charge in [0, 0.05) is 21.6 Å². The van der Waals surface area contributed by atoms with Gasteiger partial charge in [-0.2, -0.15) is 4.98 Å². The Morgan fingerprint density at radius 3 is 2.71 bits per heavy atom. The quantitative estimate of drug-likeness (QED) is 0.440. The van der Waals surface area contributed by atoms with Crippen molar-refractivity contribution in [3.8, 4) is 11.4 Å². The number of piperidine rings is 1. The second-order valence-corrected chi connectivity index (χ2v) is 9.23. The lowest BCUT2D eigenvalue weighted by atomic mass is 9.95. The van der Waals surface area contributed by atoms with Crippen molar-refractivity contribution < 1.29 is 18.8 Å². The standard InChI is InChI=1S/C25H27BrN4O4/c1-3-33-25(32)19-7-8-21(16(2)13-19)27-24(31)17-9-11-30(12-10-17)15-22-28-23(29-34-22)18-5-4-6-20(26)14-18/h4-8,13-14,17H,3,9-12,15H2,1-2H3,(H,27,31). The zero-order valence-electron chi connectivity index (χ0n) is 19.2. The van der Waals surface area contributed by atoms with Crippen molar-refractivity contribution in [1.29, 1.82) is 0 Å². The fourth-order valence-corrected chi connectivity index (χ4v) is 4.39. The molecule has 34 heavy (non-hydrogen) atoms. The molecule has 3 aromatic rings. The number of nitrogens with one attached hydrogen (secondary N) is 1. The second kappa shape index (κ2) is 10.9. The number of carbonyl (C=O) groups excluding carboxylic acids is 2. The first-order valence-corrected chi connectivity index (χ1v) is 12.1. The van der Waals surface area contributed by atoms with E-state index in [1.54, 1.807) is 25.1 Å². The Balaban J connectivity index is 1.28. The number of amides is 1. The maximum absolute atomic E-state index is 12.8. The van der Waals surface area contributed by atoms with Crippen molar-refractivity contribution in [3.05, 3.63) is 64.0 Å². The summed E-state index contributed by atoms with van der Waals surface area (Å²) in [6, 6.07) is 12.9. The number of hydrogen-bond donors (Lipinski definition) is 1. The predicted molar refractivity (Wildman–Crippen MR) is 131 cm³/mol. The number of benzene rings is 2. The van der Waals surface area contributed by atoms with Gasteiger partial charge in [-0.15, -0.1) is 0 Å². The van der Waals surface area contributed by atoms with Crippen molar-refractivity contribution >= 4 is 33.5 Å². The summed E-state index contributed by atoms with van der Waals surface area (Å²) in [4.78, 5) is 31.5. The van der Waals surface area contributed by atoms with E-state index >= 15 is 0 Å². The van der Waals surface area contributed by atoms with Crippen molar-refractivity contribution in [3.63, 3.8) is 0 Å². The molecule has 178 valence electrons. The number of rotatable bonds is 7. The summed E-state index contributed by atoms with van der Waals surface area (Å²) >= 11 is 3.46. The molecule has 1 fully saturated rings. The molecule has 1 saturated heterocycles. The van der Waals surface area contributed by atoms with Crippen molar-refractivity contribution in [2.75, 3.05) is 25.0 Å². The van der Waals surface area contributed by atoms with Crippen LogP contribution >= 0.6 is 15.9 Å². The minimum atomic E-state index is -0.360. The number of esters is 1. The van der Waals surface area contributed by atoms with E-state index in [2.05, 4.69) is 36.3 Å². The Morgan fingerprint density at radius 1 is 1.21 bits per heavy atom. The molecule has 9 heteroatoms. The third-order valence-corrected chi connectivity index (χ3v) is 6.36. The number of nitrogens with zero attached hydrogens (tertiary/aromatic N) is 3. The minimum absolute atomic E-state index is 0.00126. The summed E-state index contributed by atoms with van der Waals surface area (Å²) in [6.07, 6.45) is 1.50. The van der Waals surface area contributed by atoms with Gasteiger partial charge in [0.1, 0.15) is 0 Å². The highest BCUT2D eigenvalue weighted by atomic mass is 79.9. The molecule has 2 heterocycles. The molecule has 0 radical (unpaired) electrons. The van der Waals surface area contributed by atoms with Crippen LogP contribution in [0.4, 0.5) is 5.69 Å². The highest BCUT2D eigenvalue weighted by Gasteiger charge is 2.26. The maximum Gasteiger partial charge on any atom is 0.338 e. The number of halogens is 1. The molecule has 1 aliphatic heterocycles. The van der Waals surface area contributed by atoms with Crippen LogP contribution in [0.5, 0.6) is 0 Å². The molecule has 2 aromatic carbocycles. The lowest BCUT2D eigenvalue weighted by molar-refractivity contribution is -0.121. The van der Waals surface area contributed by atoms with Crippen LogP contribution in [-0.2, 0) is 16.1 Å². The summed E-state index contributed by atoms with van der Waals surface area (Å²) in [6.45, 7) is 6.07. The van der Waals surface area contributed by atoms with Crippen molar-refractivity contribution in [2.45, 2.75) is 33.2 Å². The Bertz CT molecular complexity index is 1170. The average molecular weight is 527 g/mol. The fraction of sp³-hybridized carbons (Fsp3) is 0.360. The lowest BCUT2D eigenvalue weighted by Gasteiger charge is -2.30. The Kier molecular flexibility index (Phi) is 7.74. The van der Waals surface area contributed by atoms with Gasteiger partial charge in [0.05, 0.1) is 18.7 Å². The van der Waals surface area contributed by atoms with E-state index in [1.807, 2.05) is 31.2 Å². The smallest absolute Gasteiger partial charge is 0.338 e. The van der Waals surface area contributed by atoms with E-state index < -0.39 is 0 Å². The normalized spacial score (nSPS) is 14.7. The van der Waals surface area contributed by atoms with Crippen LogP contribution in [0.25, 0.3) is 11.4 Å². The monoisotopic (exact) mass is 526 g/mol. The summed E-state index contributed by atoms with van der Waals surface area (Å²) in [5, 5.41) is 7.11. The molecule has 1 amide bonds. The van der Waals surface area contributed by atoms with E-state index in [0.717, 1.165) is 41.5 Å². The fourth-order valence-electron chi connectivity index (χ4n) is 3.99. The van der Waals surface area contributed by atoms with Crippen molar-refractivity contribution in [1.82, 2.24) is 15.0 Å². The van der Waals surface area contributed by atoms with Crippen LogP contribution in [0.3, 0.4) is 0 Å². The van der Waals surface area contributed by atoms with Gasteiger partial charge in [0.15, 0.2) is 0 Å². The number of ether oxygens (including phenoxy) is 1. The molecule has 0 spiro atoms. The molecule has 1 aromatic heterocycles. The lowest BCUT2D eigenvalue weighted by Crippen LogP contribution is -2.37. The third-order valence-electron chi connectivity index (χ3n) is 5.86. The van der Waals surface area contributed by atoms with E-state index in [1.165, 1.54) is 0 Å². The second-order valence-electron chi connectivity index (χ2n) is 8.31. The molecule has 1 N–H and O–H groups in total. The minimum Gasteiger partial charge on any atom is -0.462 e. The molecule has 0 unspecified atom stereocenters. The van der Waals surface area contributed by atoms with Gasteiger partial charge in [0.2, 0.25) is 17.6 Å². The number of aryl methyl sites for hydroxylation is 1. The largest absolute Gasteiger partial charge is 0.462 e. The Hall–Kier alpha value is -3.04. The molecule has 0 bridgehead atoms. The molecule has 8 nitrogen and oxygen atoms in total. The zero-order chi connectivity index (χ0) is 24.1. The van der Waals surface area contributed by atoms with E-state index in [4.69, 9.17) is 9.26 Å². The third kappa shape index (κ3) is 5.90. The number of anilines is 1. The van der Waals surface area contributed by atoms with E-state index in [9.17, 15) is 9.59 Å². The first-order chi connectivity index (χ1) is 16.4. The van der Waals surface area contributed by atoms with Crippen LogP contribution in [0.2, 0.25) is 0 Å². The van der Waals surface area contributed by atoms with Gasteiger partial charge in [-0.25, -0.2) is 4.79 Å². The molecule has 0 saturated carbocycles. The maximum atomic E-state index is 12.8. The number of hydrogen-bond acceptors (Lipinski definition) is 7. The summed E-state index contributed by atoms with van der Waals surface area (Å²) in [5.74, 6) is 0.701. The van der Waals surface area contributed by atoms with Crippen molar-refractivity contribution in [2.24, 2.45) is 5.92 Å². The first kappa shape index (κ1) is 24.1. The highest BCUT2D eigenvalue weighted by molar-refractivity contribution is 9.10. The van der Waals surface area contributed by atoms with Crippen LogP contribution in [0.1, 0.15) is 41.6 Å². The summed E-state index contributed by atoms with van der Waals surface area (Å²) in [5.41, 5.74) is 2.92. The summed E-state index contributed by atoms with van der Waals surface area (Å²) in [7, 11) is 0. The van der Waals surface area contributed by atoms with Gasteiger partial charge in [-0.1, -0.05) is 33.2 Å². The topological polar surface area (TPSA) is 97.6 Å². The van der Waals surface area contributed by atoms with Crippen LogP contribution in [-0.4, -0.2) is 46.6 Å². The van der Waals surface area contributed by atoms with Gasteiger partial charge < -0.3 is 14.6 Å². The molecule has 1 aliphatic rings. The van der Waals surface area contributed by atoms with Gasteiger partial charge in [-0.3, -0.25) is 9.69 Å².